The number of hydrogen-bond acceptors (Lipinski definition) is 4. The van der Waals surface area contributed by atoms with Crippen LogP contribution in [0.4, 0.5) is 0 Å². The van der Waals surface area contributed by atoms with Gasteiger partial charge >= 0.3 is 0 Å². The van der Waals surface area contributed by atoms with Crippen LogP contribution >= 0.6 is 0 Å². The van der Waals surface area contributed by atoms with Gasteiger partial charge in [-0.25, -0.2) is 4.52 Å². The van der Waals surface area contributed by atoms with Crippen molar-refractivity contribution in [3.8, 4) is 0 Å². The van der Waals surface area contributed by atoms with E-state index in [1.165, 1.54) is 6.42 Å². The molecular weight excluding hydrogens is 302 g/mol. The van der Waals surface area contributed by atoms with Gasteiger partial charge in [0.05, 0.1) is 11.9 Å². The predicted octanol–water partition coefficient (Wildman–Crippen LogP) is 1.72. The summed E-state index contributed by atoms with van der Waals surface area (Å²) in [4.78, 5) is 17.7. The second-order valence-corrected chi connectivity index (χ2v) is 8.14. The Kier molecular flexibility index (Phi) is 3.96. The van der Waals surface area contributed by atoms with Crippen LogP contribution in [-0.4, -0.2) is 45.7 Å². The van der Waals surface area contributed by atoms with Crippen molar-refractivity contribution in [3.63, 3.8) is 0 Å². The van der Waals surface area contributed by atoms with Crippen molar-refractivity contribution in [2.24, 2.45) is 5.41 Å². The van der Waals surface area contributed by atoms with Crippen LogP contribution in [0.2, 0.25) is 0 Å². The highest BCUT2D eigenvalue weighted by Gasteiger charge is 2.29. The zero-order chi connectivity index (χ0) is 16.7. The van der Waals surface area contributed by atoms with Gasteiger partial charge in [-0.1, -0.05) is 13.8 Å². The SMILES string of the molecule is CC1(C)CCN(Cc2cnn3c(C4CCNCC4)cc(=O)[nH]c23)C1. The molecule has 24 heavy (non-hydrogen) atoms. The summed E-state index contributed by atoms with van der Waals surface area (Å²) >= 11 is 0. The third kappa shape index (κ3) is 3.00. The molecule has 0 atom stereocenters. The normalized spacial score (nSPS) is 22.4. The monoisotopic (exact) mass is 329 g/mol. The molecule has 0 amide bonds. The Morgan fingerprint density at radius 3 is 2.83 bits per heavy atom. The van der Waals surface area contributed by atoms with Crippen LogP contribution in [0.15, 0.2) is 17.1 Å². The summed E-state index contributed by atoms with van der Waals surface area (Å²) < 4.78 is 1.97. The van der Waals surface area contributed by atoms with E-state index in [1.807, 2.05) is 10.7 Å². The lowest BCUT2D eigenvalue weighted by atomic mass is 9.93. The molecule has 130 valence electrons. The van der Waals surface area contributed by atoms with Gasteiger partial charge in [0.2, 0.25) is 0 Å². The van der Waals surface area contributed by atoms with E-state index in [0.717, 1.165) is 62.5 Å². The third-order valence-electron chi connectivity index (χ3n) is 5.52. The van der Waals surface area contributed by atoms with Crippen molar-refractivity contribution in [1.82, 2.24) is 24.8 Å². The van der Waals surface area contributed by atoms with Gasteiger partial charge in [0.15, 0.2) is 0 Å². The van der Waals surface area contributed by atoms with Crippen molar-refractivity contribution in [3.05, 3.63) is 33.9 Å². The van der Waals surface area contributed by atoms with Crippen LogP contribution in [0, 0.1) is 5.41 Å². The Hall–Kier alpha value is -1.66. The maximum absolute atomic E-state index is 12.2. The van der Waals surface area contributed by atoms with Gasteiger partial charge in [-0.3, -0.25) is 9.69 Å². The van der Waals surface area contributed by atoms with Crippen molar-refractivity contribution in [2.75, 3.05) is 26.2 Å². The van der Waals surface area contributed by atoms with Crippen LogP contribution in [0.1, 0.15) is 50.3 Å². The number of piperidine rings is 1. The molecule has 2 aliphatic heterocycles. The number of hydrogen-bond donors (Lipinski definition) is 2. The number of likely N-dealkylation sites (tertiary alicyclic amines) is 1. The van der Waals surface area contributed by atoms with Crippen LogP contribution in [0.3, 0.4) is 0 Å². The summed E-state index contributed by atoms with van der Waals surface area (Å²) in [6.07, 6.45) is 5.28. The lowest BCUT2D eigenvalue weighted by Gasteiger charge is -2.23. The fraction of sp³-hybridized carbons (Fsp3) is 0.667. The highest BCUT2D eigenvalue weighted by Crippen LogP contribution is 2.30. The second kappa shape index (κ2) is 6.01. The summed E-state index contributed by atoms with van der Waals surface area (Å²) in [5, 5.41) is 8.00. The summed E-state index contributed by atoms with van der Waals surface area (Å²) in [5.41, 5.74) is 3.43. The summed E-state index contributed by atoms with van der Waals surface area (Å²) in [5.74, 6) is 0.412. The molecule has 0 bridgehead atoms. The first-order valence-electron chi connectivity index (χ1n) is 9.05. The molecule has 0 spiro atoms. The Balaban J connectivity index is 1.66. The molecule has 4 rings (SSSR count). The van der Waals surface area contributed by atoms with Crippen LogP contribution in [0.5, 0.6) is 0 Å². The number of fused-ring (bicyclic) bond motifs is 1. The lowest BCUT2D eigenvalue weighted by Crippen LogP contribution is -2.28. The average molecular weight is 329 g/mol. The van der Waals surface area contributed by atoms with Gasteiger partial charge < -0.3 is 10.3 Å². The van der Waals surface area contributed by atoms with Gasteiger partial charge in [-0.15, -0.1) is 0 Å². The number of H-pyrrole nitrogens is 1. The first-order chi connectivity index (χ1) is 11.5. The minimum Gasteiger partial charge on any atom is -0.317 e. The molecule has 0 aliphatic carbocycles. The standard InChI is InChI=1S/C18H27N5O/c1-18(2)5-8-22(12-18)11-14-10-20-23-15(9-16(24)21-17(14)23)13-3-6-19-7-4-13/h9-10,13,19H,3-8,11-12H2,1-2H3,(H,21,24). The topological polar surface area (TPSA) is 65.4 Å². The Labute approximate surface area is 142 Å². The first-order valence-corrected chi connectivity index (χ1v) is 9.05. The number of aromatic amines is 1. The quantitative estimate of drug-likeness (QED) is 0.900. The highest BCUT2D eigenvalue weighted by atomic mass is 16.1. The molecular formula is C18H27N5O. The molecule has 2 fully saturated rings. The van der Waals surface area contributed by atoms with Gasteiger partial charge in [0, 0.05) is 30.6 Å². The van der Waals surface area contributed by atoms with Gasteiger partial charge in [-0.2, -0.15) is 5.10 Å². The van der Waals surface area contributed by atoms with E-state index in [2.05, 4.69) is 34.1 Å². The number of rotatable bonds is 3. The van der Waals surface area contributed by atoms with Gasteiger partial charge in [-0.05, 0) is 44.3 Å². The first kappa shape index (κ1) is 15.8. The number of nitrogens with one attached hydrogen (secondary N) is 2. The fourth-order valence-corrected chi connectivity index (χ4v) is 4.18. The van der Waals surface area contributed by atoms with E-state index >= 15 is 0 Å². The van der Waals surface area contributed by atoms with Gasteiger partial charge in [0.25, 0.3) is 5.56 Å². The molecule has 2 aromatic heterocycles. The Morgan fingerprint density at radius 1 is 1.33 bits per heavy atom. The van der Waals surface area contributed by atoms with Gasteiger partial charge in [0.1, 0.15) is 5.65 Å². The average Bonchev–Trinajstić information content (AvgIpc) is 3.11. The van der Waals surface area contributed by atoms with E-state index in [0.29, 0.717) is 11.3 Å². The Morgan fingerprint density at radius 2 is 2.12 bits per heavy atom. The highest BCUT2D eigenvalue weighted by molar-refractivity contribution is 5.47. The molecule has 2 N–H and O–H groups in total. The molecule has 2 aliphatic rings. The summed E-state index contributed by atoms with van der Waals surface area (Å²) in [6.45, 7) is 9.73. The van der Waals surface area contributed by atoms with E-state index in [-0.39, 0.29) is 5.56 Å². The van der Waals surface area contributed by atoms with Crippen LogP contribution < -0.4 is 10.9 Å². The van der Waals surface area contributed by atoms with Crippen molar-refractivity contribution in [1.29, 1.82) is 0 Å². The number of nitrogens with zero attached hydrogens (tertiary/aromatic N) is 3. The number of aromatic nitrogens is 3. The minimum atomic E-state index is -0.0143. The van der Waals surface area contributed by atoms with E-state index < -0.39 is 0 Å². The zero-order valence-electron chi connectivity index (χ0n) is 14.6. The lowest BCUT2D eigenvalue weighted by molar-refractivity contribution is 0.285. The third-order valence-corrected chi connectivity index (χ3v) is 5.52. The van der Waals surface area contributed by atoms with Crippen LogP contribution in [-0.2, 0) is 6.54 Å². The summed E-state index contributed by atoms with van der Waals surface area (Å²) in [7, 11) is 0. The molecule has 0 unspecified atom stereocenters. The molecule has 0 saturated carbocycles. The van der Waals surface area contributed by atoms with Crippen molar-refractivity contribution < 1.29 is 0 Å². The van der Waals surface area contributed by atoms with Crippen molar-refractivity contribution in [2.45, 2.75) is 45.6 Å². The fourth-order valence-electron chi connectivity index (χ4n) is 4.18. The predicted molar refractivity (Wildman–Crippen MR) is 94.3 cm³/mol. The van der Waals surface area contributed by atoms with Crippen molar-refractivity contribution >= 4 is 5.65 Å². The minimum absolute atomic E-state index is 0.0143. The molecule has 6 nitrogen and oxygen atoms in total. The van der Waals surface area contributed by atoms with E-state index in [1.54, 1.807) is 6.07 Å². The molecule has 2 aromatic rings. The van der Waals surface area contributed by atoms with Crippen LogP contribution in [0.25, 0.3) is 5.65 Å². The zero-order valence-corrected chi connectivity index (χ0v) is 14.6. The van der Waals surface area contributed by atoms with E-state index in [4.69, 9.17) is 0 Å². The second-order valence-electron chi connectivity index (χ2n) is 8.14. The molecule has 2 saturated heterocycles. The largest absolute Gasteiger partial charge is 0.317 e. The Bertz CT molecular complexity index is 784. The molecule has 0 radical (unpaired) electrons. The summed E-state index contributed by atoms with van der Waals surface area (Å²) in [6, 6.07) is 1.73. The maximum atomic E-state index is 12.2. The maximum Gasteiger partial charge on any atom is 0.251 e. The molecule has 4 heterocycles. The molecule has 0 aromatic carbocycles. The van der Waals surface area contributed by atoms with E-state index in [9.17, 15) is 4.79 Å². The molecule has 6 heteroatoms. The smallest absolute Gasteiger partial charge is 0.251 e.